The van der Waals surface area contributed by atoms with Crippen LogP contribution in [0.1, 0.15) is 75.0 Å². The number of hydrogen-bond donors (Lipinski definition) is 1. The van der Waals surface area contributed by atoms with Crippen molar-refractivity contribution in [1.29, 1.82) is 0 Å². The number of nitrogens with one attached hydrogen (secondary N) is 1. The van der Waals surface area contributed by atoms with Crippen LogP contribution in [-0.4, -0.2) is 20.5 Å². The number of carbonyl (C=O) groups is 1. The van der Waals surface area contributed by atoms with Crippen LogP contribution in [0.15, 0.2) is 108 Å². The van der Waals surface area contributed by atoms with Crippen LogP contribution in [0.4, 0.5) is 10.5 Å². The number of para-hydroxylation sites is 3. The van der Waals surface area contributed by atoms with E-state index in [0.29, 0.717) is 29.0 Å². The maximum atomic E-state index is 14.4. The Morgan fingerprint density at radius 2 is 1.33 bits per heavy atom. The molecule has 1 heterocycles. The van der Waals surface area contributed by atoms with Crippen LogP contribution in [0, 0.1) is 0 Å². The Labute approximate surface area is 247 Å². The molecule has 1 aromatic heterocycles. The lowest BCUT2D eigenvalue weighted by Gasteiger charge is -2.32. The van der Waals surface area contributed by atoms with Crippen molar-refractivity contribution in [2.75, 3.05) is 5.32 Å². The van der Waals surface area contributed by atoms with Crippen LogP contribution in [-0.2, 0) is 6.54 Å². The van der Waals surface area contributed by atoms with E-state index in [2.05, 4.69) is 51.2 Å². The van der Waals surface area contributed by atoms with Crippen LogP contribution >= 0.6 is 0 Å². The molecule has 1 atom stereocenters. The third-order valence-corrected chi connectivity index (χ3v) is 7.72. The molecule has 0 saturated carbocycles. The van der Waals surface area contributed by atoms with Crippen molar-refractivity contribution in [2.45, 2.75) is 59.0 Å². The Kier molecular flexibility index (Phi) is 8.53. The van der Waals surface area contributed by atoms with E-state index in [1.165, 1.54) is 0 Å². The van der Waals surface area contributed by atoms with Gasteiger partial charge in [-0.05, 0) is 59.7 Å². The first-order valence-electron chi connectivity index (χ1n) is 14.6. The Bertz CT molecular complexity index is 1720. The van der Waals surface area contributed by atoms with Crippen molar-refractivity contribution in [1.82, 2.24) is 14.5 Å². The van der Waals surface area contributed by atoms with Gasteiger partial charge in [0.1, 0.15) is 5.82 Å². The van der Waals surface area contributed by atoms with Gasteiger partial charge in [-0.15, -0.1) is 0 Å². The number of aromatic nitrogens is 2. The topological polar surface area (TPSA) is 67.2 Å². The summed E-state index contributed by atoms with van der Waals surface area (Å²) in [7, 11) is 0. The highest BCUT2D eigenvalue weighted by atomic mass is 16.2. The fourth-order valence-electron chi connectivity index (χ4n) is 5.43. The molecule has 214 valence electrons. The highest BCUT2D eigenvalue weighted by molar-refractivity contribution is 5.92. The number of anilines is 1. The average Bonchev–Trinajstić information content (AvgIpc) is 3.00. The summed E-state index contributed by atoms with van der Waals surface area (Å²) in [5.74, 6) is 0.950. The normalized spacial score (nSPS) is 12.1. The molecule has 0 aliphatic heterocycles. The van der Waals surface area contributed by atoms with E-state index in [1.807, 2.05) is 85.8 Å². The summed E-state index contributed by atoms with van der Waals surface area (Å²) in [5, 5.41) is 3.83. The van der Waals surface area contributed by atoms with E-state index in [0.717, 1.165) is 22.4 Å². The number of hydrogen-bond acceptors (Lipinski definition) is 3. The van der Waals surface area contributed by atoms with E-state index < -0.39 is 6.04 Å². The minimum atomic E-state index is -0.545. The largest absolute Gasteiger partial charge is 0.322 e. The van der Waals surface area contributed by atoms with Crippen LogP contribution in [0.25, 0.3) is 16.6 Å². The van der Waals surface area contributed by atoms with E-state index in [9.17, 15) is 9.59 Å². The average molecular weight is 559 g/mol. The van der Waals surface area contributed by atoms with Crippen LogP contribution in [0.2, 0.25) is 0 Å². The van der Waals surface area contributed by atoms with Crippen molar-refractivity contribution >= 4 is 22.6 Å². The van der Waals surface area contributed by atoms with Gasteiger partial charge in [-0.3, -0.25) is 9.36 Å². The van der Waals surface area contributed by atoms with Crippen molar-refractivity contribution in [3.05, 3.63) is 136 Å². The van der Waals surface area contributed by atoms with Gasteiger partial charge in [-0.25, -0.2) is 9.78 Å². The number of rotatable bonds is 8. The van der Waals surface area contributed by atoms with Crippen molar-refractivity contribution in [2.24, 2.45) is 0 Å². The second kappa shape index (κ2) is 12.4. The molecule has 0 saturated heterocycles. The maximum absolute atomic E-state index is 14.4. The molecule has 0 aliphatic rings. The zero-order valence-corrected chi connectivity index (χ0v) is 24.9. The predicted octanol–water partition coefficient (Wildman–Crippen LogP) is 8.43. The molecule has 2 amide bonds. The number of amides is 2. The number of nitrogens with zero attached hydrogens (tertiary/aromatic N) is 3. The number of benzene rings is 4. The minimum Gasteiger partial charge on any atom is -0.310 e. The van der Waals surface area contributed by atoms with Crippen LogP contribution in [0.3, 0.4) is 0 Å². The molecule has 4 aromatic carbocycles. The molecule has 0 spiro atoms. The maximum Gasteiger partial charge on any atom is 0.322 e. The Morgan fingerprint density at radius 1 is 0.762 bits per heavy atom. The number of carbonyl (C=O) groups excluding carboxylic acids is 1. The lowest BCUT2D eigenvalue weighted by atomic mass is 9.92. The monoisotopic (exact) mass is 558 g/mol. The molecular weight excluding hydrogens is 520 g/mol. The van der Waals surface area contributed by atoms with E-state index in [1.54, 1.807) is 15.5 Å². The quantitative estimate of drug-likeness (QED) is 0.208. The van der Waals surface area contributed by atoms with Gasteiger partial charge in [-0.2, -0.15) is 0 Å². The fraction of sp³-hybridized carbons (Fsp3) is 0.250. The number of fused-ring (bicyclic) bond motifs is 1. The molecule has 0 radical (unpaired) electrons. The van der Waals surface area contributed by atoms with Gasteiger partial charge in [0.15, 0.2) is 0 Å². The molecule has 5 rings (SSSR count). The third kappa shape index (κ3) is 5.84. The minimum absolute atomic E-state index is 0.166. The van der Waals surface area contributed by atoms with Crippen molar-refractivity contribution in [3.63, 3.8) is 0 Å². The van der Waals surface area contributed by atoms with Gasteiger partial charge < -0.3 is 10.2 Å². The number of urea groups is 1. The second-order valence-corrected chi connectivity index (χ2v) is 11.3. The first-order valence-corrected chi connectivity index (χ1v) is 14.6. The Balaban J connectivity index is 1.66. The molecule has 1 unspecified atom stereocenters. The summed E-state index contributed by atoms with van der Waals surface area (Å²) in [6.07, 6.45) is 0. The van der Waals surface area contributed by atoms with E-state index in [4.69, 9.17) is 4.98 Å². The predicted molar refractivity (Wildman–Crippen MR) is 171 cm³/mol. The van der Waals surface area contributed by atoms with Crippen LogP contribution < -0.4 is 10.9 Å². The lowest BCUT2D eigenvalue weighted by Crippen LogP contribution is -2.40. The zero-order chi connectivity index (χ0) is 29.8. The Morgan fingerprint density at radius 3 is 1.95 bits per heavy atom. The SMILES string of the molecule is CC(C)c1cccc(C(C)C)c1NC(=O)N(Cc1ccccc1)C(C)c1nc2ccccc2c(=O)n1-c1ccccc1. The summed E-state index contributed by atoms with van der Waals surface area (Å²) in [6.45, 7) is 10.8. The third-order valence-electron chi connectivity index (χ3n) is 7.72. The van der Waals surface area contributed by atoms with Gasteiger partial charge in [-0.1, -0.05) is 107 Å². The standard InChI is InChI=1S/C36H38N4O2/c1-24(2)29-20-14-21-30(25(3)4)33(29)38-36(42)39(23-27-15-8-6-9-16-27)26(5)34-37-32-22-13-12-19-31(32)35(41)40(34)28-17-10-7-11-18-28/h6-22,24-26H,23H2,1-5H3,(H,38,42). The molecule has 0 fully saturated rings. The highest BCUT2D eigenvalue weighted by Crippen LogP contribution is 2.34. The summed E-state index contributed by atoms with van der Waals surface area (Å²) in [5.41, 5.74) is 5.15. The molecule has 6 nitrogen and oxygen atoms in total. The van der Waals surface area contributed by atoms with Gasteiger partial charge in [0.05, 0.1) is 22.6 Å². The molecular formula is C36H38N4O2. The van der Waals surface area contributed by atoms with Gasteiger partial charge in [0, 0.05) is 12.2 Å². The lowest BCUT2D eigenvalue weighted by molar-refractivity contribution is 0.185. The second-order valence-electron chi connectivity index (χ2n) is 11.3. The fourth-order valence-corrected chi connectivity index (χ4v) is 5.43. The highest BCUT2D eigenvalue weighted by Gasteiger charge is 2.28. The Hall–Kier alpha value is -4.71. The molecule has 6 heteroatoms. The van der Waals surface area contributed by atoms with E-state index >= 15 is 0 Å². The van der Waals surface area contributed by atoms with Crippen molar-refractivity contribution in [3.8, 4) is 5.69 Å². The molecule has 1 N–H and O–H groups in total. The van der Waals surface area contributed by atoms with Crippen molar-refractivity contribution < 1.29 is 4.79 Å². The first kappa shape index (κ1) is 28.8. The summed E-state index contributed by atoms with van der Waals surface area (Å²) in [6, 6.07) is 32.2. The van der Waals surface area contributed by atoms with Crippen LogP contribution in [0.5, 0.6) is 0 Å². The molecule has 5 aromatic rings. The van der Waals surface area contributed by atoms with Gasteiger partial charge in [0.25, 0.3) is 5.56 Å². The first-order chi connectivity index (χ1) is 20.3. The van der Waals surface area contributed by atoms with Gasteiger partial charge in [0.2, 0.25) is 0 Å². The summed E-state index contributed by atoms with van der Waals surface area (Å²) >= 11 is 0. The summed E-state index contributed by atoms with van der Waals surface area (Å²) < 4.78 is 1.64. The molecule has 0 bridgehead atoms. The molecule has 42 heavy (non-hydrogen) atoms. The smallest absolute Gasteiger partial charge is 0.310 e. The summed E-state index contributed by atoms with van der Waals surface area (Å²) in [4.78, 5) is 35.1. The van der Waals surface area contributed by atoms with E-state index in [-0.39, 0.29) is 23.4 Å². The van der Waals surface area contributed by atoms with Gasteiger partial charge >= 0.3 is 6.03 Å². The zero-order valence-electron chi connectivity index (χ0n) is 24.9. The molecule has 0 aliphatic carbocycles.